The fourth-order valence-corrected chi connectivity index (χ4v) is 2.71. The van der Waals surface area contributed by atoms with Crippen molar-refractivity contribution in [2.24, 2.45) is 7.05 Å². The Balaban J connectivity index is 1.87. The van der Waals surface area contributed by atoms with Gasteiger partial charge in [0.1, 0.15) is 12.0 Å². The summed E-state index contributed by atoms with van der Waals surface area (Å²) >= 11 is 0. The van der Waals surface area contributed by atoms with Crippen LogP contribution in [0.2, 0.25) is 0 Å². The van der Waals surface area contributed by atoms with Crippen molar-refractivity contribution in [1.82, 2.24) is 24.6 Å². The van der Waals surface area contributed by atoms with E-state index >= 15 is 0 Å². The lowest BCUT2D eigenvalue weighted by molar-refractivity contribution is 0.0672. The van der Waals surface area contributed by atoms with E-state index in [2.05, 4.69) is 15.1 Å². The third-order valence-electron chi connectivity index (χ3n) is 3.58. The molecule has 0 saturated heterocycles. The second-order valence-electron chi connectivity index (χ2n) is 5.15. The highest BCUT2D eigenvalue weighted by atomic mass is 16.5. The number of aromatic nitrogens is 4. The van der Waals surface area contributed by atoms with Crippen molar-refractivity contribution in [3.05, 3.63) is 41.7 Å². The molecule has 2 aromatic rings. The number of rotatable bonds is 3. The van der Waals surface area contributed by atoms with Crippen molar-refractivity contribution in [1.29, 1.82) is 0 Å². The summed E-state index contributed by atoms with van der Waals surface area (Å²) in [6, 6.07) is 1.63. The number of hydrogen-bond acceptors (Lipinski definition) is 5. The Hall–Kier alpha value is -2.28. The van der Waals surface area contributed by atoms with E-state index in [-0.39, 0.29) is 11.8 Å². The van der Waals surface area contributed by atoms with E-state index in [1.54, 1.807) is 29.0 Å². The normalized spacial score (nSPS) is 17.6. The van der Waals surface area contributed by atoms with Crippen molar-refractivity contribution in [2.45, 2.75) is 12.5 Å². The van der Waals surface area contributed by atoms with Crippen LogP contribution in [0.3, 0.4) is 0 Å². The average Bonchev–Trinajstić information content (AvgIpc) is 2.88. The molecule has 1 amide bonds. The highest BCUT2D eigenvalue weighted by molar-refractivity contribution is 5.92. The molecule has 1 aliphatic heterocycles. The topological polar surface area (TPSA) is 73.1 Å². The van der Waals surface area contributed by atoms with Crippen LogP contribution in [0.15, 0.2) is 24.8 Å². The van der Waals surface area contributed by atoms with Gasteiger partial charge in [-0.25, -0.2) is 9.97 Å². The number of aryl methyl sites for hydroxylation is 1. The van der Waals surface area contributed by atoms with E-state index in [0.29, 0.717) is 25.4 Å². The third-order valence-corrected chi connectivity index (χ3v) is 3.58. The van der Waals surface area contributed by atoms with Gasteiger partial charge in [0.25, 0.3) is 5.91 Å². The number of fused-ring (bicyclic) bond motifs is 1. The molecule has 2 aromatic heterocycles. The van der Waals surface area contributed by atoms with Crippen molar-refractivity contribution in [2.75, 3.05) is 20.3 Å². The SMILES string of the molecule is COCC1CN(C(=O)c2ccncn2)Cc2cn(C)nc21. The van der Waals surface area contributed by atoms with Crippen LogP contribution in [0.5, 0.6) is 0 Å². The monoisotopic (exact) mass is 287 g/mol. The van der Waals surface area contributed by atoms with Crippen LogP contribution in [0, 0.1) is 0 Å². The zero-order valence-corrected chi connectivity index (χ0v) is 12.1. The summed E-state index contributed by atoms with van der Waals surface area (Å²) in [5, 5.41) is 4.49. The lowest BCUT2D eigenvalue weighted by Crippen LogP contribution is -2.39. The Bertz CT molecular complexity index is 640. The molecule has 1 aliphatic rings. The molecule has 0 fully saturated rings. The van der Waals surface area contributed by atoms with Crippen LogP contribution in [-0.4, -0.2) is 50.8 Å². The molecule has 0 aliphatic carbocycles. The molecule has 0 saturated carbocycles. The summed E-state index contributed by atoms with van der Waals surface area (Å²) in [5.41, 5.74) is 2.49. The molecular weight excluding hydrogens is 270 g/mol. The molecule has 0 bridgehead atoms. The predicted molar refractivity (Wildman–Crippen MR) is 74.6 cm³/mol. The summed E-state index contributed by atoms with van der Waals surface area (Å²) in [7, 11) is 3.55. The summed E-state index contributed by atoms with van der Waals surface area (Å²) < 4.78 is 7.05. The number of hydrogen-bond donors (Lipinski definition) is 0. The summed E-state index contributed by atoms with van der Waals surface area (Å²) in [6.45, 7) is 1.67. The number of ether oxygens (including phenoxy) is 1. The fourth-order valence-electron chi connectivity index (χ4n) is 2.71. The summed E-state index contributed by atoms with van der Waals surface area (Å²) in [4.78, 5) is 22.2. The molecule has 3 rings (SSSR count). The van der Waals surface area contributed by atoms with E-state index in [4.69, 9.17) is 4.74 Å². The summed E-state index contributed by atoms with van der Waals surface area (Å²) in [5.74, 6) is -0.00116. The zero-order valence-electron chi connectivity index (χ0n) is 12.1. The van der Waals surface area contributed by atoms with Crippen LogP contribution in [-0.2, 0) is 18.3 Å². The standard InChI is InChI=1S/C14H17N5O2/c1-18-5-10-6-19(7-11(8-21-2)13(10)17-18)14(20)12-3-4-15-9-16-12/h3-5,9,11H,6-8H2,1-2H3. The maximum Gasteiger partial charge on any atom is 0.272 e. The molecule has 7 nitrogen and oxygen atoms in total. The van der Waals surface area contributed by atoms with E-state index in [0.717, 1.165) is 11.3 Å². The van der Waals surface area contributed by atoms with Gasteiger partial charge in [-0.05, 0) is 6.07 Å². The highest BCUT2D eigenvalue weighted by Gasteiger charge is 2.31. The maximum atomic E-state index is 12.5. The number of nitrogens with zero attached hydrogens (tertiary/aromatic N) is 5. The minimum Gasteiger partial charge on any atom is -0.384 e. The van der Waals surface area contributed by atoms with Gasteiger partial charge < -0.3 is 9.64 Å². The van der Waals surface area contributed by atoms with Gasteiger partial charge in [-0.3, -0.25) is 9.48 Å². The smallest absolute Gasteiger partial charge is 0.272 e. The van der Waals surface area contributed by atoms with Crippen LogP contribution in [0.1, 0.15) is 27.7 Å². The second kappa shape index (κ2) is 5.61. The number of amides is 1. The molecule has 1 unspecified atom stereocenters. The minimum atomic E-state index is -0.0898. The van der Waals surface area contributed by atoms with E-state index in [1.165, 1.54) is 6.33 Å². The third kappa shape index (κ3) is 2.64. The number of carbonyl (C=O) groups excluding carboxylic acids is 1. The molecule has 0 aromatic carbocycles. The van der Waals surface area contributed by atoms with Crippen LogP contribution in [0.4, 0.5) is 0 Å². The van der Waals surface area contributed by atoms with E-state index in [9.17, 15) is 4.79 Å². The van der Waals surface area contributed by atoms with E-state index < -0.39 is 0 Å². The zero-order chi connectivity index (χ0) is 14.8. The first kappa shape index (κ1) is 13.7. The van der Waals surface area contributed by atoms with Gasteiger partial charge in [0.15, 0.2) is 0 Å². The van der Waals surface area contributed by atoms with Gasteiger partial charge in [-0.2, -0.15) is 5.10 Å². The molecular formula is C14H17N5O2. The van der Waals surface area contributed by atoms with Gasteiger partial charge in [0.05, 0.1) is 12.3 Å². The molecule has 1 atom stereocenters. The maximum absolute atomic E-state index is 12.5. The Labute approximate surface area is 122 Å². The molecule has 21 heavy (non-hydrogen) atoms. The molecule has 0 spiro atoms. The molecule has 7 heteroatoms. The van der Waals surface area contributed by atoms with Gasteiger partial charge in [0.2, 0.25) is 0 Å². The number of methoxy groups -OCH3 is 1. The molecule has 0 N–H and O–H groups in total. The second-order valence-corrected chi connectivity index (χ2v) is 5.15. The predicted octanol–water partition coefficient (Wildman–Crippen LogP) is 0.596. The lowest BCUT2D eigenvalue weighted by atomic mass is 9.97. The highest BCUT2D eigenvalue weighted by Crippen LogP contribution is 2.27. The minimum absolute atomic E-state index is 0.0886. The van der Waals surface area contributed by atoms with Crippen LogP contribution < -0.4 is 0 Å². The van der Waals surface area contributed by atoms with Gasteiger partial charge >= 0.3 is 0 Å². The molecule has 110 valence electrons. The first-order chi connectivity index (χ1) is 10.2. The van der Waals surface area contributed by atoms with E-state index in [1.807, 2.05) is 13.2 Å². The fraction of sp³-hybridized carbons (Fsp3) is 0.429. The van der Waals surface area contributed by atoms with Crippen molar-refractivity contribution in [3.8, 4) is 0 Å². The first-order valence-corrected chi connectivity index (χ1v) is 6.75. The Morgan fingerprint density at radius 2 is 2.38 bits per heavy atom. The van der Waals surface area contributed by atoms with Gasteiger partial charge in [-0.15, -0.1) is 0 Å². The van der Waals surface area contributed by atoms with Crippen molar-refractivity contribution in [3.63, 3.8) is 0 Å². The van der Waals surface area contributed by atoms with Crippen molar-refractivity contribution < 1.29 is 9.53 Å². The van der Waals surface area contributed by atoms with Crippen molar-refractivity contribution >= 4 is 5.91 Å². The average molecular weight is 287 g/mol. The van der Waals surface area contributed by atoms with Crippen LogP contribution >= 0.6 is 0 Å². The largest absolute Gasteiger partial charge is 0.384 e. The Kier molecular flexibility index (Phi) is 3.66. The van der Waals surface area contributed by atoms with Gasteiger partial charge in [0, 0.05) is 51.1 Å². The Morgan fingerprint density at radius 3 is 3.10 bits per heavy atom. The number of carbonyl (C=O) groups is 1. The molecule has 0 radical (unpaired) electrons. The summed E-state index contributed by atoms with van der Waals surface area (Å²) in [6.07, 6.45) is 4.92. The van der Waals surface area contributed by atoms with Crippen LogP contribution in [0.25, 0.3) is 0 Å². The van der Waals surface area contributed by atoms with Gasteiger partial charge in [-0.1, -0.05) is 0 Å². The first-order valence-electron chi connectivity index (χ1n) is 6.75. The lowest BCUT2D eigenvalue weighted by Gasteiger charge is -2.31. The molecule has 3 heterocycles. The Morgan fingerprint density at radius 1 is 1.52 bits per heavy atom. The quantitative estimate of drug-likeness (QED) is 0.826.